The highest BCUT2D eigenvalue weighted by molar-refractivity contribution is 4.97. The summed E-state index contributed by atoms with van der Waals surface area (Å²) in [5, 5.41) is 3.27. The second-order valence-corrected chi connectivity index (χ2v) is 4.50. The molecule has 0 aliphatic carbocycles. The largest absolute Gasteiger partial charge is 0.319 e. The zero-order valence-corrected chi connectivity index (χ0v) is 9.89. The summed E-state index contributed by atoms with van der Waals surface area (Å²) in [6.07, 6.45) is 6.10. The molecular weight excluding hydrogens is 200 g/mol. The van der Waals surface area contributed by atoms with E-state index in [-0.39, 0.29) is 0 Å². The molecule has 0 saturated carbocycles. The van der Waals surface area contributed by atoms with Crippen molar-refractivity contribution in [3.8, 4) is 0 Å². The Bertz CT molecular complexity index is 299. The minimum atomic E-state index is 0.792. The standard InChI is InChI=1S/C12H20N4/c1-13-7-11-3-2-6-16(8-11)9-12-4-5-14-10-15-12/h4-5,10-11,13H,2-3,6-9H2,1H3. The fourth-order valence-electron chi connectivity index (χ4n) is 2.39. The fraction of sp³-hybridized carbons (Fsp3) is 0.667. The van der Waals surface area contributed by atoms with E-state index >= 15 is 0 Å². The van der Waals surface area contributed by atoms with E-state index in [1.807, 2.05) is 19.3 Å². The quantitative estimate of drug-likeness (QED) is 0.819. The molecule has 1 unspecified atom stereocenters. The van der Waals surface area contributed by atoms with E-state index < -0.39 is 0 Å². The third-order valence-electron chi connectivity index (χ3n) is 3.12. The first-order valence-corrected chi connectivity index (χ1v) is 6.00. The Morgan fingerprint density at radius 1 is 1.56 bits per heavy atom. The summed E-state index contributed by atoms with van der Waals surface area (Å²) in [6, 6.07) is 2.00. The van der Waals surface area contributed by atoms with Crippen molar-refractivity contribution < 1.29 is 0 Å². The van der Waals surface area contributed by atoms with E-state index in [2.05, 4.69) is 20.2 Å². The molecular formula is C12H20N4. The zero-order valence-electron chi connectivity index (χ0n) is 9.89. The first-order valence-electron chi connectivity index (χ1n) is 6.00. The SMILES string of the molecule is CNCC1CCCN(Cc2ccncn2)C1. The molecule has 0 radical (unpaired) electrons. The predicted molar refractivity (Wildman–Crippen MR) is 64.0 cm³/mol. The molecule has 4 heteroatoms. The molecule has 4 nitrogen and oxygen atoms in total. The van der Waals surface area contributed by atoms with Crippen LogP contribution in [0.4, 0.5) is 0 Å². The van der Waals surface area contributed by atoms with Crippen LogP contribution in [0.2, 0.25) is 0 Å². The number of piperidine rings is 1. The number of likely N-dealkylation sites (tertiary alicyclic amines) is 1. The van der Waals surface area contributed by atoms with E-state index in [4.69, 9.17) is 0 Å². The lowest BCUT2D eigenvalue weighted by atomic mass is 9.98. The first-order chi connectivity index (χ1) is 7.88. The highest BCUT2D eigenvalue weighted by Gasteiger charge is 2.19. The van der Waals surface area contributed by atoms with E-state index in [0.717, 1.165) is 24.7 Å². The third kappa shape index (κ3) is 3.25. The van der Waals surface area contributed by atoms with Crippen LogP contribution < -0.4 is 5.32 Å². The van der Waals surface area contributed by atoms with Gasteiger partial charge in [-0.15, -0.1) is 0 Å². The Morgan fingerprint density at radius 3 is 3.25 bits per heavy atom. The second kappa shape index (κ2) is 5.92. The van der Waals surface area contributed by atoms with E-state index in [9.17, 15) is 0 Å². The summed E-state index contributed by atoms with van der Waals surface area (Å²) < 4.78 is 0. The molecule has 1 saturated heterocycles. The van der Waals surface area contributed by atoms with Gasteiger partial charge in [-0.25, -0.2) is 9.97 Å². The van der Waals surface area contributed by atoms with Crippen LogP contribution in [0.5, 0.6) is 0 Å². The maximum Gasteiger partial charge on any atom is 0.115 e. The van der Waals surface area contributed by atoms with Crippen LogP contribution in [-0.2, 0) is 6.54 Å². The van der Waals surface area contributed by atoms with Gasteiger partial charge in [-0.3, -0.25) is 4.90 Å². The zero-order chi connectivity index (χ0) is 11.2. The molecule has 16 heavy (non-hydrogen) atoms. The van der Waals surface area contributed by atoms with Gasteiger partial charge >= 0.3 is 0 Å². The monoisotopic (exact) mass is 220 g/mol. The Labute approximate surface area is 97.1 Å². The smallest absolute Gasteiger partial charge is 0.115 e. The van der Waals surface area contributed by atoms with Crippen molar-refractivity contribution in [3.63, 3.8) is 0 Å². The van der Waals surface area contributed by atoms with Crippen molar-refractivity contribution in [3.05, 3.63) is 24.3 Å². The van der Waals surface area contributed by atoms with Crippen molar-refractivity contribution in [2.24, 2.45) is 5.92 Å². The van der Waals surface area contributed by atoms with Crippen molar-refractivity contribution in [1.82, 2.24) is 20.2 Å². The normalized spacial score (nSPS) is 22.2. The van der Waals surface area contributed by atoms with Gasteiger partial charge in [0.25, 0.3) is 0 Å². The maximum absolute atomic E-state index is 4.28. The van der Waals surface area contributed by atoms with Gasteiger partial charge in [-0.05, 0) is 45.0 Å². The number of hydrogen-bond acceptors (Lipinski definition) is 4. The van der Waals surface area contributed by atoms with Crippen LogP contribution in [0, 0.1) is 5.92 Å². The van der Waals surface area contributed by atoms with Gasteiger partial charge in [0.1, 0.15) is 6.33 Å². The Morgan fingerprint density at radius 2 is 2.50 bits per heavy atom. The Hall–Kier alpha value is -1.00. The molecule has 2 heterocycles. The number of aromatic nitrogens is 2. The number of nitrogens with zero attached hydrogens (tertiary/aromatic N) is 3. The highest BCUT2D eigenvalue weighted by atomic mass is 15.1. The van der Waals surface area contributed by atoms with Crippen LogP contribution in [0.3, 0.4) is 0 Å². The summed E-state index contributed by atoms with van der Waals surface area (Å²) in [4.78, 5) is 10.7. The first kappa shape index (κ1) is 11.5. The van der Waals surface area contributed by atoms with Crippen molar-refractivity contribution in [2.75, 3.05) is 26.7 Å². The highest BCUT2D eigenvalue weighted by Crippen LogP contribution is 2.17. The van der Waals surface area contributed by atoms with Crippen LogP contribution in [0.1, 0.15) is 18.5 Å². The van der Waals surface area contributed by atoms with Crippen molar-refractivity contribution in [2.45, 2.75) is 19.4 Å². The Balaban J connectivity index is 1.85. The maximum atomic E-state index is 4.28. The molecule has 88 valence electrons. The molecule has 1 aromatic rings. The van der Waals surface area contributed by atoms with Crippen LogP contribution >= 0.6 is 0 Å². The average Bonchev–Trinajstić information content (AvgIpc) is 2.31. The molecule has 1 aliphatic rings. The van der Waals surface area contributed by atoms with Crippen LogP contribution in [0.15, 0.2) is 18.6 Å². The molecule has 0 amide bonds. The summed E-state index contributed by atoms with van der Waals surface area (Å²) in [5.41, 5.74) is 1.13. The third-order valence-corrected chi connectivity index (χ3v) is 3.12. The van der Waals surface area contributed by atoms with Crippen molar-refractivity contribution >= 4 is 0 Å². The molecule has 1 aliphatic heterocycles. The molecule has 0 spiro atoms. The lowest BCUT2D eigenvalue weighted by Gasteiger charge is -2.32. The Kier molecular flexibility index (Phi) is 4.25. The minimum Gasteiger partial charge on any atom is -0.319 e. The van der Waals surface area contributed by atoms with Gasteiger partial charge in [0.15, 0.2) is 0 Å². The molecule has 2 rings (SSSR count). The van der Waals surface area contributed by atoms with Gasteiger partial charge in [0.05, 0.1) is 5.69 Å². The molecule has 1 atom stereocenters. The summed E-state index contributed by atoms with van der Waals surface area (Å²) in [6.45, 7) is 4.47. The topological polar surface area (TPSA) is 41.0 Å². The van der Waals surface area contributed by atoms with Gasteiger partial charge in [0, 0.05) is 19.3 Å². The molecule has 1 N–H and O–H groups in total. The molecule has 1 aromatic heterocycles. The lowest BCUT2D eigenvalue weighted by molar-refractivity contribution is 0.165. The minimum absolute atomic E-state index is 0.792. The van der Waals surface area contributed by atoms with Gasteiger partial charge in [-0.2, -0.15) is 0 Å². The second-order valence-electron chi connectivity index (χ2n) is 4.50. The van der Waals surface area contributed by atoms with Crippen LogP contribution in [0.25, 0.3) is 0 Å². The van der Waals surface area contributed by atoms with Gasteiger partial charge in [-0.1, -0.05) is 0 Å². The van der Waals surface area contributed by atoms with Gasteiger partial charge in [0.2, 0.25) is 0 Å². The molecule has 0 aromatic carbocycles. The molecule has 0 bridgehead atoms. The predicted octanol–water partition coefficient (Wildman–Crippen LogP) is 0.908. The van der Waals surface area contributed by atoms with Crippen LogP contribution in [-0.4, -0.2) is 41.5 Å². The van der Waals surface area contributed by atoms with E-state index in [1.165, 1.54) is 25.9 Å². The number of hydrogen-bond donors (Lipinski definition) is 1. The van der Waals surface area contributed by atoms with E-state index in [0.29, 0.717) is 0 Å². The lowest BCUT2D eigenvalue weighted by Crippen LogP contribution is -2.38. The summed E-state index contributed by atoms with van der Waals surface area (Å²) >= 11 is 0. The number of rotatable bonds is 4. The van der Waals surface area contributed by atoms with Crippen molar-refractivity contribution in [1.29, 1.82) is 0 Å². The summed E-state index contributed by atoms with van der Waals surface area (Å²) in [7, 11) is 2.03. The number of nitrogens with one attached hydrogen (secondary N) is 1. The fourth-order valence-corrected chi connectivity index (χ4v) is 2.39. The average molecular weight is 220 g/mol. The molecule has 1 fully saturated rings. The summed E-state index contributed by atoms with van der Waals surface area (Å²) in [5.74, 6) is 0.792. The van der Waals surface area contributed by atoms with Gasteiger partial charge < -0.3 is 5.32 Å². The van der Waals surface area contributed by atoms with E-state index in [1.54, 1.807) is 6.33 Å².